The second-order valence-corrected chi connectivity index (χ2v) is 7.57. The molecule has 1 aliphatic carbocycles. The van der Waals surface area contributed by atoms with Crippen LogP contribution in [-0.4, -0.2) is 6.54 Å². The Morgan fingerprint density at radius 3 is 2.48 bits per heavy atom. The molecular formula is C18H22ClNS. The van der Waals surface area contributed by atoms with E-state index in [-0.39, 0.29) is 6.04 Å². The summed E-state index contributed by atoms with van der Waals surface area (Å²) in [5.41, 5.74) is 2.84. The van der Waals surface area contributed by atoms with Crippen molar-refractivity contribution in [1.82, 2.24) is 5.32 Å². The second kappa shape index (κ2) is 6.95. The third-order valence-electron chi connectivity index (χ3n) is 4.32. The summed E-state index contributed by atoms with van der Waals surface area (Å²) in [6, 6.07) is 13.6. The Kier molecular flexibility index (Phi) is 4.99. The van der Waals surface area contributed by atoms with Crippen molar-refractivity contribution in [1.29, 1.82) is 0 Å². The molecule has 1 N–H and O–H groups in total. The van der Waals surface area contributed by atoms with E-state index in [0.717, 1.165) is 23.2 Å². The van der Waals surface area contributed by atoms with Crippen LogP contribution in [0.25, 0.3) is 0 Å². The lowest BCUT2D eigenvalue weighted by Crippen LogP contribution is -2.22. The number of hydrogen-bond acceptors (Lipinski definition) is 2. The minimum Gasteiger partial charge on any atom is -0.306 e. The number of halogens is 1. The van der Waals surface area contributed by atoms with Crippen molar-refractivity contribution in [2.45, 2.75) is 44.6 Å². The third kappa shape index (κ3) is 3.50. The van der Waals surface area contributed by atoms with Gasteiger partial charge in [0.05, 0.1) is 10.4 Å². The van der Waals surface area contributed by atoms with Crippen molar-refractivity contribution < 1.29 is 0 Å². The highest BCUT2D eigenvalue weighted by Crippen LogP contribution is 2.37. The fourth-order valence-corrected chi connectivity index (χ4v) is 4.02. The summed E-state index contributed by atoms with van der Waals surface area (Å²) in [4.78, 5) is 1.30. The van der Waals surface area contributed by atoms with Crippen LogP contribution in [0.2, 0.25) is 4.34 Å². The van der Waals surface area contributed by atoms with Crippen molar-refractivity contribution in [3.05, 3.63) is 56.7 Å². The van der Waals surface area contributed by atoms with Gasteiger partial charge in [0, 0.05) is 4.88 Å². The van der Waals surface area contributed by atoms with Crippen LogP contribution in [0.4, 0.5) is 0 Å². The monoisotopic (exact) mass is 319 g/mol. The molecule has 2 aromatic rings. The lowest BCUT2D eigenvalue weighted by atomic mass is 9.80. The van der Waals surface area contributed by atoms with E-state index in [4.69, 9.17) is 11.6 Å². The summed E-state index contributed by atoms with van der Waals surface area (Å²) in [6.45, 7) is 3.22. The van der Waals surface area contributed by atoms with Gasteiger partial charge < -0.3 is 5.32 Å². The fraction of sp³-hybridized carbons (Fsp3) is 0.444. The summed E-state index contributed by atoms with van der Waals surface area (Å²) in [7, 11) is 0. The summed E-state index contributed by atoms with van der Waals surface area (Å²) in [5.74, 6) is 0.803. The van der Waals surface area contributed by atoms with Gasteiger partial charge in [-0.25, -0.2) is 0 Å². The molecule has 3 rings (SSSR count). The maximum Gasteiger partial charge on any atom is 0.0931 e. The molecule has 1 atom stereocenters. The SMILES string of the molecule is CCCNC(c1ccc(C2CCC2)cc1)c1ccc(Cl)s1. The van der Waals surface area contributed by atoms with Crippen LogP contribution in [0.15, 0.2) is 36.4 Å². The number of hydrogen-bond donors (Lipinski definition) is 1. The summed E-state index contributed by atoms with van der Waals surface area (Å²) in [5, 5.41) is 3.64. The molecule has 0 amide bonds. The van der Waals surface area contributed by atoms with Gasteiger partial charge in [-0.05, 0) is 55.0 Å². The number of rotatable bonds is 6. The quantitative estimate of drug-likeness (QED) is 0.714. The standard InChI is InChI=1S/C18H22ClNS/c1-2-12-20-18(16-10-11-17(19)21-16)15-8-6-14(7-9-15)13-4-3-5-13/h6-11,13,18,20H,2-5,12H2,1H3. The van der Waals surface area contributed by atoms with Gasteiger partial charge in [-0.2, -0.15) is 0 Å². The molecule has 0 spiro atoms. The molecule has 1 unspecified atom stereocenters. The molecule has 21 heavy (non-hydrogen) atoms. The Balaban J connectivity index is 1.81. The first-order valence-corrected chi connectivity index (χ1v) is 9.06. The van der Waals surface area contributed by atoms with E-state index >= 15 is 0 Å². The molecule has 1 aromatic carbocycles. The van der Waals surface area contributed by atoms with E-state index in [2.05, 4.69) is 42.6 Å². The molecule has 0 saturated heterocycles. The minimum atomic E-state index is 0.262. The van der Waals surface area contributed by atoms with Crippen LogP contribution < -0.4 is 5.32 Å². The molecule has 0 aliphatic heterocycles. The van der Waals surface area contributed by atoms with Crippen molar-refractivity contribution in [3.8, 4) is 0 Å². The predicted molar refractivity (Wildman–Crippen MR) is 92.5 cm³/mol. The first-order chi connectivity index (χ1) is 10.3. The fourth-order valence-electron chi connectivity index (χ4n) is 2.86. The smallest absolute Gasteiger partial charge is 0.0931 e. The van der Waals surface area contributed by atoms with Gasteiger partial charge in [0.2, 0.25) is 0 Å². The molecule has 1 nitrogen and oxygen atoms in total. The number of benzene rings is 1. The second-order valence-electron chi connectivity index (χ2n) is 5.82. The first-order valence-electron chi connectivity index (χ1n) is 7.86. The summed E-state index contributed by atoms with van der Waals surface area (Å²) in [6.07, 6.45) is 5.24. The highest BCUT2D eigenvalue weighted by molar-refractivity contribution is 7.16. The van der Waals surface area contributed by atoms with E-state index < -0.39 is 0 Å². The van der Waals surface area contributed by atoms with Crippen LogP contribution in [-0.2, 0) is 0 Å². The first kappa shape index (κ1) is 15.1. The third-order valence-corrected chi connectivity index (χ3v) is 5.62. The molecule has 1 aliphatic rings. The van der Waals surface area contributed by atoms with E-state index in [1.54, 1.807) is 11.3 Å². The van der Waals surface area contributed by atoms with Gasteiger partial charge in [0.25, 0.3) is 0 Å². The van der Waals surface area contributed by atoms with Crippen LogP contribution in [0.5, 0.6) is 0 Å². The average molecular weight is 320 g/mol. The lowest BCUT2D eigenvalue weighted by molar-refractivity contribution is 0.419. The van der Waals surface area contributed by atoms with Crippen molar-refractivity contribution in [3.63, 3.8) is 0 Å². The van der Waals surface area contributed by atoms with Gasteiger partial charge in [-0.1, -0.05) is 49.2 Å². The van der Waals surface area contributed by atoms with Crippen molar-refractivity contribution >= 4 is 22.9 Å². The zero-order chi connectivity index (χ0) is 14.7. The number of thiophene rings is 1. The van der Waals surface area contributed by atoms with E-state index in [1.165, 1.54) is 35.3 Å². The topological polar surface area (TPSA) is 12.0 Å². The Bertz CT molecular complexity index is 571. The molecule has 1 heterocycles. The van der Waals surface area contributed by atoms with Crippen LogP contribution >= 0.6 is 22.9 Å². The maximum atomic E-state index is 6.11. The van der Waals surface area contributed by atoms with Gasteiger partial charge in [0.1, 0.15) is 0 Å². The highest BCUT2D eigenvalue weighted by atomic mass is 35.5. The van der Waals surface area contributed by atoms with E-state index in [9.17, 15) is 0 Å². The van der Waals surface area contributed by atoms with Crippen molar-refractivity contribution in [2.24, 2.45) is 0 Å². The van der Waals surface area contributed by atoms with Gasteiger partial charge >= 0.3 is 0 Å². The highest BCUT2D eigenvalue weighted by Gasteiger charge is 2.20. The molecule has 1 aromatic heterocycles. The number of nitrogens with one attached hydrogen (secondary N) is 1. The maximum absolute atomic E-state index is 6.11. The van der Waals surface area contributed by atoms with E-state index in [0.29, 0.717) is 0 Å². The summed E-state index contributed by atoms with van der Waals surface area (Å²) >= 11 is 7.78. The Morgan fingerprint density at radius 2 is 1.95 bits per heavy atom. The average Bonchev–Trinajstić information content (AvgIpc) is 2.85. The molecule has 1 saturated carbocycles. The largest absolute Gasteiger partial charge is 0.306 e. The summed E-state index contributed by atoms with van der Waals surface area (Å²) < 4.78 is 0.861. The molecule has 1 fully saturated rings. The van der Waals surface area contributed by atoms with Crippen LogP contribution in [0.1, 0.15) is 60.6 Å². The Labute approximate surface area is 136 Å². The molecule has 112 valence electrons. The van der Waals surface area contributed by atoms with Gasteiger partial charge in [-0.3, -0.25) is 0 Å². The van der Waals surface area contributed by atoms with Crippen molar-refractivity contribution in [2.75, 3.05) is 6.54 Å². The van der Waals surface area contributed by atoms with E-state index in [1.807, 2.05) is 6.07 Å². The zero-order valence-corrected chi connectivity index (χ0v) is 14.0. The molecule has 3 heteroatoms. The van der Waals surface area contributed by atoms with Crippen LogP contribution in [0.3, 0.4) is 0 Å². The lowest BCUT2D eigenvalue weighted by Gasteiger charge is -2.26. The minimum absolute atomic E-state index is 0.262. The molecule has 0 radical (unpaired) electrons. The normalized spacial score (nSPS) is 16.7. The van der Waals surface area contributed by atoms with Gasteiger partial charge in [0.15, 0.2) is 0 Å². The van der Waals surface area contributed by atoms with Crippen LogP contribution in [0, 0.1) is 0 Å². The Hall–Kier alpha value is -0.830. The molecule has 0 bridgehead atoms. The predicted octanol–water partition coefficient (Wildman–Crippen LogP) is 5.76. The Morgan fingerprint density at radius 1 is 1.19 bits per heavy atom. The van der Waals surface area contributed by atoms with Gasteiger partial charge in [-0.15, -0.1) is 11.3 Å². The zero-order valence-electron chi connectivity index (χ0n) is 12.4. The molecular weight excluding hydrogens is 298 g/mol.